The molecule has 1 aliphatic rings. The molecule has 0 saturated carbocycles. The number of aryl methyl sites for hydroxylation is 1. The Hall–Kier alpha value is -1.73. The summed E-state index contributed by atoms with van der Waals surface area (Å²) in [5, 5.41) is 24.1. The van der Waals surface area contributed by atoms with Crippen LogP contribution in [-0.2, 0) is 4.74 Å². The van der Waals surface area contributed by atoms with Crippen molar-refractivity contribution in [3.05, 3.63) is 33.6 Å². The highest BCUT2D eigenvalue weighted by molar-refractivity contribution is 5.63. The third kappa shape index (κ3) is 2.73. The summed E-state index contributed by atoms with van der Waals surface area (Å²) in [4.78, 5) is 10.3. The lowest BCUT2D eigenvalue weighted by Crippen LogP contribution is -2.43. The third-order valence-corrected chi connectivity index (χ3v) is 3.72. The van der Waals surface area contributed by atoms with Gasteiger partial charge in [-0.25, -0.2) is 4.39 Å². The maximum absolute atomic E-state index is 13.4. The van der Waals surface area contributed by atoms with Gasteiger partial charge >= 0.3 is 0 Å². The van der Waals surface area contributed by atoms with Crippen LogP contribution >= 0.6 is 0 Å². The minimum Gasteiger partial charge on any atom is -0.385 e. The van der Waals surface area contributed by atoms with Crippen LogP contribution in [0.2, 0.25) is 0 Å². The second-order valence-corrected chi connectivity index (χ2v) is 5.10. The van der Waals surface area contributed by atoms with E-state index in [1.807, 2.05) is 0 Å². The van der Waals surface area contributed by atoms with Crippen LogP contribution in [0.5, 0.6) is 0 Å². The Labute approximate surface area is 115 Å². The molecule has 1 fully saturated rings. The van der Waals surface area contributed by atoms with E-state index in [1.165, 1.54) is 13.0 Å². The molecule has 0 aromatic heterocycles. The van der Waals surface area contributed by atoms with Crippen LogP contribution in [0.15, 0.2) is 12.1 Å². The molecule has 2 unspecified atom stereocenters. The normalized spacial score (nSPS) is 25.7. The molecule has 2 atom stereocenters. The van der Waals surface area contributed by atoms with Gasteiger partial charge in [-0.2, -0.15) is 0 Å². The van der Waals surface area contributed by atoms with E-state index in [0.717, 1.165) is 6.07 Å². The molecule has 6 nitrogen and oxygen atoms in total. The zero-order valence-corrected chi connectivity index (χ0v) is 11.4. The summed E-state index contributed by atoms with van der Waals surface area (Å²) < 4.78 is 18.7. The van der Waals surface area contributed by atoms with Crippen LogP contribution in [0.1, 0.15) is 18.9 Å². The summed E-state index contributed by atoms with van der Waals surface area (Å²) in [5.74, 6) is -0.626. The van der Waals surface area contributed by atoms with Crippen LogP contribution in [-0.4, -0.2) is 34.9 Å². The molecule has 1 heterocycles. The molecule has 7 heteroatoms. The highest BCUT2D eigenvalue weighted by Gasteiger charge is 2.39. The fraction of sp³-hybridized carbons (Fsp3) is 0.538. The van der Waals surface area contributed by atoms with E-state index in [9.17, 15) is 19.6 Å². The van der Waals surface area contributed by atoms with Crippen LogP contribution < -0.4 is 5.32 Å². The number of hydrogen-bond donors (Lipinski definition) is 2. The average Bonchev–Trinajstić information content (AvgIpc) is 2.71. The molecule has 2 N–H and O–H groups in total. The van der Waals surface area contributed by atoms with Gasteiger partial charge in [0.25, 0.3) is 5.69 Å². The molecule has 20 heavy (non-hydrogen) atoms. The molecule has 110 valence electrons. The summed E-state index contributed by atoms with van der Waals surface area (Å²) in [6.45, 7) is 3.84. The lowest BCUT2D eigenvalue weighted by molar-refractivity contribution is -0.384. The number of hydrogen-bond acceptors (Lipinski definition) is 5. The molecule has 0 amide bonds. The summed E-state index contributed by atoms with van der Waals surface area (Å²) in [7, 11) is 0. The Kier molecular flexibility index (Phi) is 3.92. The first-order valence-electron chi connectivity index (χ1n) is 6.36. The number of anilines is 1. The number of ether oxygens (including phenoxy) is 1. The Morgan fingerprint density at radius 1 is 1.65 bits per heavy atom. The average molecular weight is 284 g/mol. The van der Waals surface area contributed by atoms with Crippen LogP contribution in [0.3, 0.4) is 0 Å². The van der Waals surface area contributed by atoms with Gasteiger partial charge in [0.15, 0.2) is 0 Å². The van der Waals surface area contributed by atoms with E-state index in [4.69, 9.17) is 4.74 Å². The van der Waals surface area contributed by atoms with Gasteiger partial charge in [-0.1, -0.05) is 0 Å². The Morgan fingerprint density at radius 3 is 2.90 bits per heavy atom. The summed E-state index contributed by atoms with van der Waals surface area (Å²) in [6, 6.07) is 2.26. The van der Waals surface area contributed by atoms with Gasteiger partial charge in [0, 0.05) is 19.6 Å². The maximum Gasteiger partial charge on any atom is 0.295 e. The number of rotatable bonds is 4. The van der Waals surface area contributed by atoms with E-state index in [0.29, 0.717) is 18.6 Å². The number of halogens is 1. The lowest BCUT2D eigenvalue weighted by atomic mass is 9.96. The van der Waals surface area contributed by atoms with Crippen molar-refractivity contribution >= 4 is 11.4 Å². The molecule has 1 aromatic rings. The quantitative estimate of drug-likeness (QED) is 0.652. The molecule has 0 spiro atoms. The second-order valence-electron chi connectivity index (χ2n) is 5.10. The molecule has 0 radical (unpaired) electrons. The molecule has 0 bridgehead atoms. The number of nitrogens with zero attached hydrogens (tertiary/aromatic N) is 1. The van der Waals surface area contributed by atoms with Crippen molar-refractivity contribution in [1.82, 2.24) is 0 Å². The fourth-order valence-electron chi connectivity index (χ4n) is 2.21. The van der Waals surface area contributed by atoms with Crippen molar-refractivity contribution in [3.8, 4) is 0 Å². The van der Waals surface area contributed by atoms with Crippen molar-refractivity contribution in [1.29, 1.82) is 0 Å². The number of nitrogens with one attached hydrogen (secondary N) is 1. The summed E-state index contributed by atoms with van der Waals surface area (Å²) in [5.41, 5.74) is -0.915. The zero-order valence-electron chi connectivity index (χ0n) is 11.4. The monoisotopic (exact) mass is 284 g/mol. The Morgan fingerprint density at radius 2 is 2.35 bits per heavy atom. The van der Waals surface area contributed by atoms with Gasteiger partial charge in [0.2, 0.25) is 0 Å². The number of aliphatic hydroxyl groups is 1. The van der Waals surface area contributed by atoms with E-state index in [-0.39, 0.29) is 24.0 Å². The van der Waals surface area contributed by atoms with E-state index >= 15 is 0 Å². The molecule has 1 aromatic carbocycles. The van der Waals surface area contributed by atoms with Crippen molar-refractivity contribution in [3.63, 3.8) is 0 Å². The van der Waals surface area contributed by atoms with Crippen molar-refractivity contribution in [2.45, 2.75) is 32.0 Å². The van der Waals surface area contributed by atoms with Crippen LogP contribution in [0.4, 0.5) is 15.8 Å². The van der Waals surface area contributed by atoms with Crippen molar-refractivity contribution in [2.75, 3.05) is 18.5 Å². The minimum absolute atomic E-state index is 0.111. The fourth-order valence-corrected chi connectivity index (χ4v) is 2.21. The first-order valence-corrected chi connectivity index (χ1v) is 6.36. The lowest BCUT2D eigenvalue weighted by Gasteiger charge is -2.26. The molecule has 0 aliphatic carbocycles. The molecule has 2 rings (SSSR count). The molecular weight excluding hydrogens is 267 g/mol. The Bertz CT molecular complexity index is 537. The molecule has 1 saturated heterocycles. The highest BCUT2D eigenvalue weighted by Crippen LogP contribution is 2.30. The predicted octanol–water partition coefficient (Wildman–Crippen LogP) is 1.99. The third-order valence-electron chi connectivity index (χ3n) is 3.72. The molecular formula is C13H17FN2O4. The van der Waals surface area contributed by atoms with Gasteiger partial charge in [-0.15, -0.1) is 0 Å². The van der Waals surface area contributed by atoms with Gasteiger partial charge in [0.1, 0.15) is 17.1 Å². The van der Waals surface area contributed by atoms with Crippen molar-refractivity contribution in [2.24, 2.45) is 0 Å². The summed E-state index contributed by atoms with van der Waals surface area (Å²) in [6.07, 6.45) is 0.102. The van der Waals surface area contributed by atoms with E-state index in [1.54, 1.807) is 6.92 Å². The van der Waals surface area contributed by atoms with Gasteiger partial charge in [0.05, 0.1) is 17.1 Å². The topological polar surface area (TPSA) is 84.6 Å². The van der Waals surface area contributed by atoms with Crippen molar-refractivity contribution < 1.29 is 19.2 Å². The predicted molar refractivity (Wildman–Crippen MR) is 71.3 cm³/mol. The first-order chi connectivity index (χ1) is 9.33. The van der Waals surface area contributed by atoms with Crippen LogP contribution in [0.25, 0.3) is 0 Å². The number of benzene rings is 1. The van der Waals surface area contributed by atoms with Gasteiger partial charge in [-0.3, -0.25) is 10.1 Å². The highest BCUT2D eigenvalue weighted by atomic mass is 19.1. The van der Waals surface area contributed by atoms with Crippen LogP contribution in [0, 0.1) is 22.9 Å². The van der Waals surface area contributed by atoms with E-state index < -0.39 is 16.3 Å². The zero-order chi connectivity index (χ0) is 14.9. The summed E-state index contributed by atoms with van der Waals surface area (Å²) >= 11 is 0. The largest absolute Gasteiger partial charge is 0.385 e. The SMILES string of the molecule is Cc1cc(NCC2(O)CCOC2C)c([N+](=O)[O-])cc1F. The Balaban J connectivity index is 2.21. The smallest absolute Gasteiger partial charge is 0.295 e. The second kappa shape index (κ2) is 5.34. The number of nitro benzene ring substituents is 1. The standard InChI is InChI=1S/C13H17FN2O4/c1-8-5-11(12(16(18)19)6-10(8)14)15-7-13(17)3-4-20-9(13)2/h5-6,9,15,17H,3-4,7H2,1-2H3. The molecule has 1 aliphatic heterocycles. The van der Waals surface area contributed by atoms with Gasteiger partial charge < -0.3 is 15.2 Å². The van der Waals surface area contributed by atoms with E-state index in [2.05, 4.69) is 5.32 Å². The first kappa shape index (κ1) is 14.7. The minimum atomic E-state index is -1.07. The number of nitro groups is 1. The van der Waals surface area contributed by atoms with Gasteiger partial charge in [-0.05, 0) is 25.5 Å². The maximum atomic E-state index is 13.4.